The van der Waals surface area contributed by atoms with Crippen molar-refractivity contribution in [3.05, 3.63) is 29.3 Å². The van der Waals surface area contributed by atoms with Crippen LogP contribution in [0.3, 0.4) is 0 Å². The molecule has 6 nitrogen and oxygen atoms in total. The highest BCUT2D eigenvalue weighted by Crippen LogP contribution is 2.34. The number of halogens is 4. The van der Waals surface area contributed by atoms with Gasteiger partial charge in [0.05, 0.1) is 23.1 Å². The molecule has 1 aromatic rings. The van der Waals surface area contributed by atoms with Crippen LogP contribution in [0.15, 0.2) is 23.1 Å². The van der Waals surface area contributed by atoms with Gasteiger partial charge < -0.3 is 10.1 Å². The van der Waals surface area contributed by atoms with E-state index in [9.17, 15) is 26.4 Å². The minimum atomic E-state index is -4.89. The molecule has 2 N–H and O–H groups in total. The molecule has 1 aromatic carbocycles. The smallest absolute Gasteiger partial charge is 0.417 e. The van der Waals surface area contributed by atoms with Gasteiger partial charge in [0, 0.05) is 12.6 Å². The summed E-state index contributed by atoms with van der Waals surface area (Å²) in [6.07, 6.45) is -4.14. The number of alkyl halides is 3. The lowest BCUT2D eigenvalue weighted by Gasteiger charge is -2.30. The van der Waals surface area contributed by atoms with Gasteiger partial charge in [0.15, 0.2) is 0 Å². The van der Waals surface area contributed by atoms with E-state index in [2.05, 4.69) is 14.8 Å². The van der Waals surface area contributed by atoms with Crippen molar-refractivity contribution in [3.8, 4) is 0 Å². The zero-order valence-corrected chi connectivity index (χ0v) is 15.7. The monoisotopic (exact) mass is 416 g/mol. The first-order valence-corrected chi connectivity index (χ1v) is 9.07. The van der Waals surface area contributed by atoms with Crippen molar-refractivity contribution in [3.63, 3.8) is 0 Å². The van der Waals surface area contributed by atoms with Crippen molar-refractivity contribution in [2.24, 2.45) is 5.92 Å². The SMILES string of the molecule is COC(=O)c1ccc(S(=O)(=O)NC2CNCCC2C)cc1C(F)(F)F.Cl. The highest BCUT2D eigenvalue weighted by atomic mass is 35.5. The van der Waals surface area contributed by atoms with Crippen molar-refractivity contribution in [2.45, 2.75) is 30.5 Å². The molecule has 11 heteroatoms. The van der Waals surface area contributed by atoms with E-state index in [0.29, 0.717) is 12.6 Å². The van der Waals surface area contributed by atoms with Crippen molar-refractivity contribution < 1.29 is 31.1 Å². The molecule has 2 atom stereocenters. The molecular formula is C15H20ClF3N2O4S. The highest BCUT2D eigenvalue weighted by molar-refractivity contribution is 7.89. The van der Waals surface area contributed by atoms with Crippen LogP contribution in [0.1, 0.15) is 29.3 Å². The van der Waals surface area contributed by atoms with Crippen LogP contribution in [0.5, 0.6) is 0 Å². The van der Waals surface area contributed by atoms with Crippen molar-refractivity contribution in [1.29, 1.82) is 0 Å². The molecule has 2 rings (SSSR count). The maximum absolute atomic E-state index is 13.2. The second-order valence-electron chi connectivity index (χ2n) is 5.89. The molecule has 1 fully saturated rings. The largest absolute Gasteiger partial charge is 0.465 e. The minimum absolute atomic E-state index is 0. The Kier molecular flexibility index (Phi) is 7.46. The molecule has 1 saturated heterocycles. The second kappa shape index (κ2) is 8.55. The van der Waals surface area contributed by atoms with Gasteiger partial charge in [-0.1, -0.05) is 6.92 Å². The highest BCUT2D eigenvalue weighted by Gasteiger charge is 2.37. The third kappa shape index (κ3) is 5.09. The first kappa shape index (κ1) is 22.7. The molecule has 0 saturated carbocycles. The topological polar surface area (TPSA) is 84.5 Å². The number of sulfonamides is 1. The fourth-order valence-corrected chi connectivity index (χ4v) is 4.00. The summed E-state index contributed by atoms with van der Waals surface area (Å²) < 4.78 is 71.3. The first-order valence-electron chi connectivity index (χ1n) is 7.59. The van der Waals surface area contributed by atoms with Crippen LogP contribution in [-0.4, -0.2) is 40.6 Å². The fourth-order valence-electron chi connectivity index (χ4n) is 2.63. The van der Waals surface area contributed by atoms with Crippen LogP contribution in [0.4, 0.5) is 13.2 Å². The molecule has 0 amide bonds. The molecule has 0 radical (unpaired) electrons. The van der Waals surface area contributed by atoms with Gasteiger partial charge in [-0.2, -0.15) is 13.2 Å². The summed E-state index contributed by atoms with van der Waals surface area (Å²) in [5.74, 6) is -1.14. The maximum atomic E-state index is 13.2. The van der Waals surface area contributed by atoms with Gasteiger partial charge in [0.1, 0.15) is 0 Å². The van der Waals surface area contributed by atoms with Gasteiger partial charge in [-0.3, -0.25) is 0 Å². The Morgan fingerprint density at radius 3 is 2.54 bits per heavy atom. The van der Waals surface area contributed by atoms with Gasteiger partial charge in [0.25, 0.3) is 0 Å². The molecule has 26 heavy (non-hydrogen) atoms. The van der Waals surface area contributed by atoms with E-state index in [1.807, 2.05) is 6.92 Å². The predicted molar refractivity (Wildman–Crippen MR) is 90.8 cm³/mol. The van der Waals surface area contributed by atoms with Gasteiger partial charge in [-0.15, -0.1) is 12.4 Å². The molecule has 0 aliphatic carbocycles. The normalized spacial score (nSPS) is 21.0. The Morgan fingerprint density at radius 2 is 2.00 bits per heavy atom. The standard InChI is InChI=1S/C15H19F3N2O4S.ClH/c1-9-5-6-19-8-13(9)20-25(22,23)10-3-4-11(14(21)24-2)12(7-10)15(16,17)18;/h3-4,7,9,13,19-20H,5-6,8H2,1-2H3;1H. The Hall–Kier alpha value is -1.36. The molecule has 1 aliphatic rings. The molecule has 0 bridgehead atoms. The average Bonchev–Trinajstić information content (AvgIpc) is 2.54. The zero-order chi connectivity index (χ0) is 18.8. The van der Waals surface area contributed by atoms with Crippen molar-refractivity contribution in [1.82, 2.24) is 10.0 Å². The van der Waals surface area contributed by atoms with E-state index in [1.165, 1.54) is 0 Å². The lowest BCUT2D eigenvalue weighted by atomic mass is 9.96. The van der Waals surface area contributed by atoms with E-state index in [1.54, 1.807) is 0 Å². The summed E-state index contributed by atoms with van der Waals surface area (Å²) in [6.45, 7) is 3.02. The van der Waals surface area contributed by atoms with Crippen LogP contribution in [0.25, 0.3) is 0 Å². The lowest BCUT2D eigenvalue weighted by molar-refractivity contribution is -0.138. The Balaban J connectivity index is 0.00000338. The zero-order valence-electron chi connectivity index (χ0n) is 14.1. The Labute approximate surface area is 155 Å². The van der Waals surface area contributed by atoms with E-state index in [4.69, 9.17) is 0 Å². The third-order valence-corrected chi connectivity index (χ3v) is 5.63. The van der Waals surface area contributed by atoms with Crippen LogP contribution < -0.4 is 10.0 Å². The minimum Gasteiger partial charge on any atom is -0.465 e. The summed E-state index contributed by atoms with van der Waals surface area (Å²) >= 11 is 0. The number of esters is 1. The predicted octanol–water partition coefficient (Wildman–Crippen LogP) is 2.19. The van der Waals surface area contributed by atoms with Gasteiger partial charge in [-0.25, -0.2) is 17.9 Å². The maximum Gasteiger partial charge on any atom is 0.417 e. The number of benzene rings is 1. The summed E-state index contributed by atoms with van der Waals surface area (Å²) in [7, 11) is -3.22. The van der Waals surface area contributed by atoms with Gasteiger partial charge >= 0.3 is 12.1 Å². The summed E-state index contributed by atoms with van der Waals surface area (Å²) in [5.41, 5.74) is -2.08. The van der Waals surface area contributed by atoms with E-state index in [0.717, 1.165) is 32.2 Å². The van der Waals surface area contributed by atoms with Crippen LogP contribution >= 0.6 is 12.4 Å². The molecular weight excluding hydrogens is 397 g/mol. The number of methoxy groups -OCH3 is 1. The number of piperidine rings is 1. The number of carbonyl (C=O) groups is 1. The number of rotatable bonds is 4. The van der Waals surface area contributed by atoms with Crippen molar-refractivity contribution in [2.75, 3.05) is 20.2 Å². The number of hydrogen-bond acceptors (Lipinski definition) is 5. The number of nitrogens with one attached hydrogen (secondary N) is 2. The molecule has 1 heterocycles. The Morgan fingerprint density at radius 1 is 1.35 bits per heavy atom. The number of ether oxygens (including phenoxy) is 1. The van der Waals surface area contributed by atoms with Crippen LogP contribution in [0, 0.1) is 5.92 Å². The van der Waals surface area contributed by atoms with E-state index < -0.39 is 44.2 Å². The average molecular weight is 417 g/mol. The van der Waals surface area contributed by atoms with Crippen LogP contribution in [-0.2, 0) is 20.9 Å². The molecule has 1 aliphatic heterocycles. The quantitative estimate of drug-likeness (QED) is 0.735. The second-order valence-corrected chi connectivity index (χ2v) is 7.61. The third-order valence-electron chi connectivity index (χ3n) is 4.15. The summed E-state index contributed by atoms with van der Waals surface area (Å²) in [6, 6.07) is 1.81. The summed E-state index contributed by atoms with van der Waals surface area (Å²) in [5, 5.41) is 3.04. The molecule has 148 valence electrons. The number of hydrogen-bond donors (Lipinski definition) is 2. The Bertz CT molecular complexity index is 756. The van der Waals surface area contributed by atoms with Crippen molar-refractivity contribution >= 4 is 28.4 Å². The van der Waals surface area contributed by atoms with E-state index in [-0.39, 0.29) is 18.3 Å². The van der Waals surface area contributed by atoms with Gasteiger partial charge in [-0.05, 0) is 37.1 Å². The molecule has 2 unspecified atom stereocenters. The molecule has 0 spiro atoms. The van der Waals surface area contributed by atoms with Crippen LogP contribution in [0.2, 0.25) is 0 Å². The van der Waals surface area contributed by atoms with Gasteiger partial charge in [0.2, 0.25) is 10.0 Å². The summed E-state index contributed by atoms with van der Waals surface area (Å²) in [4.78, 5) is 11.0. The van der Waals surface area contributed by atoms with E-state index >= 15 is 0 Å². The first-order chi connectivity index (χ1) is 11.6. The number of carbonyl (C=O) groups excluding carboxylic acids is 1. The lowest BCUT2D eigenvalue weighted by Crippen LogP contribution is -2.50. The fraction of sp³-hybridized carbons (Fsp3) is 0.533. The molecule has 0 aromatic heterocycles.